The quantitative estimate of drug-likeness (QED) is 0.436. The molecule has 0 unspecified atom stereocenters. The zero-order chi connectivity index (χ0) is 11.8. The predicted molar refractivity (Wildman–Crippen MR) is 60.7 cm³/mol. The van der Waals surface area contributed by atoms with Crippen molar-refractivity contribution in [3.05, 3.63) is 30.1 Å². The number of hydrogen-bond donors (Lipinski definition) is 1. The molecule has 0 amide bonds. The number of nitrogens with zero attached hydrogens (tertiary/aromatic N) is 2. The Balaban J connectivity index is 2.14. The number of ether oxygens (including phenoxy) is 1. The van der Waals surface area contributed by atoms with Gasteiger partial charge in [0, 0.05) is 38.0 Å². The van der Waals surface area contributed by atoms with Crippen LogP contribution in [0.1, 0.15) is 12.5 Å². The van der Waals surface area contributed by atoms with Gasteiger partial charge in [0.2, 0.25) is 0 Å². The van der Waals surface area contributed by atoms with Gasteiger partial charge in [-0.2, -0.15) is 5.10 Å². The van der Waals surface area contributed by atoms with Crippen LogP contribution in [-0.4, -0.2) is 28.9 Å². The van der Waals surface area contributed by atoms with E-state index in [1.165, 1.54) is 6.08 Å². The van der Waals surface area contributed by atoms with Gasteiger partial charge in [0.25, 0.3) is 0 Å². The standard InChI is InChI=1S/C11H17N3O2/c1-3-16-11(15)5-4-6-12-7-10-8-13-14(2)9-10/h4-5,8-9,12H,3,6-7H2,1-2H3/b5-4+. The molecular weight excluding hydrogens is 206 g/mol. The lowest BCUT2D eigenvalue weighted by molar-refractivity contribution is -0.137. The summed E-state index contributed by atoms with van der Waals surface area (Å²) in [4.78, 5) is 10.9. The van der Waals surface area contributed by atoms with Crippen molar-refractivity contribution in [2.45, 2.75) is 13.5 Å². The second-order valence-corrected chi connectivity index (χ2v) is 3.31. The molecule has 0 saturated carbocycles. The molecule has 5 heteroatoms. The lowest BCUT2D eigenvalue weighted by atomic mass is 10.3. The van der Waals surface area contributed by atoms with Gasteiger partial charge in [-0.15, -0.1) is 0 Å². The molecule has 0 bridgehead atoms. The highest BCUT2D eigenvalue weighted by Gasteiger charge is 1.94. The predicted octanol–water partition coefficient (Wildman–Crippen LogP) is 0.629. The molecular formula is C11H17N3O2. The molecule has 0 fully saturated rings. The summed E-state index contributed by atoms with van der Waals surface area (Å²) in [5.41, 5.74) is 1.12. The summed E-state index contributed by atoms with van der Waals surface area (Å²) in [5, 5.41) is 7.22. The highest BCUT2D eigenvalue weighted by Crippen LogP contribution is 1.94. The third-order valence-corrected chi connectivity index (χ3v) is 1.89. The van der Waals surface area contributed by atoms with Crippen LogP contribution >= 0.6 is 0 Å². The molecule has 1 N–H and O–H groups in total. The molecule has 0 aliphatic rings. The van der Waals surface area contributed by atoms with Gasteiger partial charge in [0.15, 0.2) is 0 Å². The van der Waals surface area contributed by atoms with Gasteiger partial charge in [-0.25, -0.2) is 4.79 Å². The molecule has 1 rings (SSSR count). The molecule has 1 aromatic heterocycles. The molecule has 0 atom stereocenters. The van der Waals surface area contributed by atoms with Crippen molar-refractivity contribution in [3.63, 3.8) is 0 Å². The molecule has 16 heavy (non-hydrogen) atoms. The molecule has 1 heterocycles. The summed E-state index contributed by atoms with van der Waals surface area (Å²) in [5.74, 6) is -0.300. The Morgan fingerprint density at radius 2 is 2.50 bits per heavy atom. The minimum atomic E-state index is -0.300. The second kappa shape index (κ2) is 6.79. The van der Waals surface area contributed by atoms with E-state index in [-0.39, 0.29) is 5.97 Å². The zero-order valence-corrected chi connectivity index (χ0v) is 9.64. The van der Waals surface area contributed by atoms with E-state index in [1.807, 2.05) is 19.4 Å². The van der Waals surface area contributed by atoms with Crippen molar-refractivity contribution in [1.29, 1.82) is 0 Å². The van der Waals surface area contributed by atoms with Crippen molar-refractivity contribution >= 4 is 5.97 Å². The minimum absolute atomic E-state index is 0.300. The van der Waals surface area contributed by atoms with Crippen LogP contribution in [0.4, 0.5) is 0 Å². The molecule has 0 aliphatic carbocycles. The van der Waals surface area contributed by atoms with E-state index in [0.717, 1.165) is 12.1 Å². The van der Waals surface area contributed by atoms with E-state index >= 15 is 0 Å². The smallest absolute Gasteiger partial charge is 0.330 e. The molecule has 0 aromatic carbocycles. The van der Waals surface area contributed by atoms with Crippen LogP contribution in [0.15, 0.2) is 24.5 Å². The highest BCUT2D eigenvalue weighted by atomic mass is 16.5. The fourth-order valence-corrected chi connectivity index (χ4v) is 1.21. The summed E-state index contributed by atoms with van der Waals surface area (Å²) >= 11 is 0. The van der Waals surface area contributed by atoms with Crippen LogP contribution in [0.5, 0.6) is 0 Å². The summed E-state index contributed by atoms with van der Waals surface area (Å²) in [6.07, 6.45) is 6.93. The number of hydrogen-bond acceptors (Lipinski definition) is 4. The van der Waals surface area contributed by atoms with Gasteiger partial charge in [0.1, 0.15) is 0 Å². The first kappa shape index (κ1) is 12.4. The number of esters is 1. The van der Waals surface area contributed by atoms with Crippen LogP contribution in [0.3, 0.4) is 0 Å². The van der Waals surface area contributed by atoms with Gasteiger partial charge in [0.05, 0.1) is 12.8 Å². The lowest BCUT2D eigenvalue weighted by Gasteiger charge is -1.98. The molecule has 0 aliphatic heterocycles. The Kier molecular flexibility index (Phi) is 5.28. The fourth-order valence-electron chi connectivity index (χ4n) is 1.21. The average molecular weight is 223 g/mol. The zero-order valence-electron chi connectivity index (χ0n) is 9.64. The topological polar surface area (TPSA) is 56.1 Å². The highest BCUT2D eigenvalue weighted by molar-refractivity contribution is 5.81. The summed E-state index contributed by atoms with van der Waals surface area (Å²) in [7, 11) is 1.88. The molecule has 0 saturated heterocycles. The Labute approximate surface area is 95.1 Å². The van der Waals surface area contributed by atoms with E-state index in [0.29, 0.717) is 13.2 Å². The first-order valence-electron chi connectivity index (χ1n) is 5.24. The first-order chi connectivity index (χ1) is 7.72. The van der Waals surface area contributed by atoms with Gasteiger partial charge < -0.3 is 10.1 Å². The van der Waals surface area contributed by atoms with E-state index in [9.17, 15) is 4.79 Å². The van der Waals surface area contributed by atoms with Crippen molar-refractivity contribution in [2.75, 3.05) is 13.2 Å². The van der Waals surface area contributed by atoms with Crippen LogP contribution in [0.2, 0.25) is 0 Å². The van der Waals surface area contributed by atoms with Crippen LogP contribution in [0.25, 0.3) is 0 Å². The molecule has 0 radical (unpaired) electrons. The summed E-state index contributed by atoms with van der Waals surface area (Å²) in [6, 6.07) is 0. The van der Waals surface area contributed by atoms with Gasteiger partial charge in [-0.05, 0) is 6.92 Å². The Hall–Kier alpha value is -1.62. The lowest BCUT2D eigenvalue weighted by Crippen LogP contribution is -2.13. The molecule has 0 spiro atoms. The number of carbonyl (C=O) groups excluding carboxylic acids is 1. The average Bonchev–Trinajstić information content (AvgIpc) is 2.64. The number of nitrogens with one attached hydrogen (secondary N) is 1. The third-order valence-electron chi connectivity index (χ3n) is 1.89. The SMILES string of the molecule is CCOC(=O)/C=C/CNCc1cnn(C)c1. The maximum atomic E-state index is 10.9. The minimum Gasteiger partial charge on any atom is -0.463 e. The first-order valence-corrected chi connectivity index (χ1v) is 5.24. The Bertz CT molecular complexity index is 358. The van der Waals surface area contributed by atoms with E-state index in [4.69, 9.17) is 4.74 Å². The molecule has 88 valence electrons. The molecule has 5 nitrogen and oxygen atoms in total. The third kappa shape index (κ3) is 4.75. The monoisotopic (exact) mass is 223 g/mol. The number of aromatic nitrogens is 2. The van der Waals surface area contributed by atoms with Gasteiger partial charge in [-0.1, -0.05) is 6.08 Å². The van der Waals surface area contributed by atoms with Crippen molar-refractivity contribution in [1.82, 2.24) is 15.1 Å². The normalized spacial score (nSPS) is 10.9. The van der Waals surface area contributed by atoms with Crippen LogP contribution < -0.4 is 5.32 Å². The second-order valence-electron chi connectivity index (χ2n) is 3.31. The van der Waals surface area contributed by atoms with E-state index in [1.54, 1.807) is 17.7 Å². The van der Waals surface area contributed by atoms with Crippen molar-refractivity contribution in [2.24, 2.45) is 7.05 Å². The van der Waals surface area contributed by atoms with Crippen molar-refractivity contribution < 1.29 is 9.53 Å². The molecule has 1 aromatic rings. The van der Waals surface area contributed by atoms with Gasteiger partial charge in [-0.3, -0.25) is 4.68 Å². The van der Waals surface area contributed by atoms with Crippen LogP contribution in [0, 0.1) is 0 Å². The van der Waals surface area contributed by atoms with E-state index in [2.05, 4.69) is 10.4 Å². The number of carbonyl (C=O) groups is 1. The maximum Gasteiger partial charge on any atom is 0.330 e. The van der Waals surface area contributed by atoms with Crippen molar-refractivity contribution in [3.8, 4) is 0 Å². The van der Waals surface area contributed by atoms with Crippen LogP contribution in [-0.2, 0) is 23.1 Å². The fraction of sp³-hybridized carbons (Fsp3) is 0.455. The van der Waals surface area contributed by atoms with Gasteiger partial charge >= 0.3 is 5.97 Å². The maximum absolute atomic E-state index is 10.9. The Morgan fingerprint density at radius 1 is 1.69 bits per heavy atom. The Morgan fingerprint density at radius 3 is 3.12 bits per heavy atom. The summed E-state index contributed by atoms with van der Waals surface area (Å²) < 4.78 is 6.50. The number of rotatable bonds is 6. The largest absolute Gasteiger partial charge is 0.463 e. The number of aryl methyl sites for hydroxylation is 1. The summed E-state index contributed by atoms with van der Waals surface area (Å²) in [6.45, 7) is 3.56. The van der Waals surface area contributed by atoms with E-state index < -0.39 is 0 Å².